The predicted molar refractivity (Wildman–Crippen MR) is 94.8 cm³/mol. The van der Waals surface area contributed by atoms with Crippen LogP contribution in [0.1, 0.15) is 13.3 Å². The first-order valence-electron chi connectivity index (χ1n) is 7.66. The Morgan fingerprint density at radius 3 is 2.88 bits per heavy atom. The molecule has 0 fully saturated rings. The number of aryl methyl sites for hydroxylation is 1. The molecule has 0 bridgehead atoms. The molecule has 0 aliphatic rings. The minimum atomic E-state index is 0.446. The summed E-state index contributed by atoms with van der Waals surface area (Å²) >= 11 is 6.26. The molecule has 7 heteroatoms. The van der Waals surface area contributed by atoms with Gasteiger partial charge in [0, 0.05) is 18.3 Å². The summed E-state index contributed by atoms with van der Waals surface area (Å²) in [4.78, 5) is 8.76. The lowest BCUT2D eigenvalue weighted by atomic mass is 10.2. The van der Waals surface area contributed by atoms with Crippen molar-refractivity contribution in [1.82, 2.24) is 19.7 Å². The molecular weight excluding hydrogens is 326 g/mol. The van der Waals surface area contributed by atoms with E-state index in [1.807, 2.05) is 35.1 Å². The van der Waals surface area contributed by atoms with Crippen molar-refractivity contribution in [3.63, 3.8) is 0 Å². The van der Waals surface area contributed by atoms with E-state index in [0.717, 1.165) is 24.2 Å². The molecule has 3 rings (SSSR count). The van der Waals surface area contributed by atoms with Crippen molar-refractivity contribution in [3.8, 4) is 17.0 Å². The lowest BCUT2D eigenvalue weighted by molar-refractivity contribution is 0.417. The average molecular weight is 344 g/mol. The van der Waals surface area contributed by atoms with Crippen LogP contribution in [0, 0.1) is 0 Å². The standard InChI is InChI=1S/C17H18ClN5O/c1-3-8-23-11-12(9-20-23)16-13(18)10-19-17(22-16)21-14-6-4-5-7-15(14)24-2/h4-7,9-11H,3,8H2,1-2H3,(H,19,21,22). The fourth-order valence-corrected chi connectivity index (χ4v) is 2.54. The van der Waals surface area contributed by atoms with Gasteiger partial charge >= 0.3 is 0 Å². The first-order chi connectivity index (χ1) is 11.7. The average Bonchev–Trinajstić information content (AvgIpc) is 3.06. The number of hydrogen-bond donors (Lipinski definition) is 1. The topological polar surface area (TPSA) is 64.9 Å². The smallest absolute Gasteiger partial charge is 0.227 e. The molecule has 1 aromatic carbocycles. The molecule has 0 aliphatic carbocycles. The van der Waals surface area contributed by atoms with E-state index in [4.69, 9.17) is 16.3 Å². The van der Waals surface area contributed by atoms with Gasteiger partial charge in [-0.05, 0) is 18.6 Å². The van der Waals surface area contributed by atoms with Crippen LogP contribution >= 0.6 is 11.6 Å². The lowest BCUT2D eigenvalue weighted by Gasteiger charge is -2.10. The number of methoxy groups -OCH3 is 1. The Balaban J connectivity index is 1.91. The van der Waals surface area contributed by atoms with Gasteiger partial charge in [0.25, 0.3) is 0 Å². The summed E-state index contributed by atoms with van der Waals surface area (Å²) in [6, 6.07) is 7.58. The highest BCUT2D eigenvalue weighted by Crippen LogP contribution is 2.29. The molecule has 0 atom stereocenters. The lowest BCUT2D eigenvalue weighted by Crippen LogP contribution is -2.00. The maximum Gasteiger partial charge on any atom is 0.227 e. The van der Waals surface area contributed by atoms with Crippen LogP contribution in [-0.2, 0) is 6.54 Å². The number of anilines is 2. The SMILES string of the molecule is CCCn1cc(-c2nc(Nc3ccccc3OC)ncc2Cl)cn1. The Kier molecular flexibility index (Phi) is 4.96. The second kappa shape index (κ2) is 7.31. The third-order valence-corrected chi connectivity index (χ3v) is 3.73. The molecule has 6 nitrogen and oxygen atoms in total. The summed E-state index contributed by atoms with van der Waals surface area (Å²) in [5.41, 5.74) is 2.29. The van der Waals surface area contributed by atoms with Crippen LogP contribution in [0.3, 0.4) is 0 Å². The van der Waals surface area contributed by atoms with Crippen LogP contribution in [0.2, 0.25) is 5.02 Å². The van der Waals surface area contributed by atoms with Crippen LogP contribution in [0.5, 0.6) is 5.75 Å². The van der Waals surface area contributed by atoms with E-state index in [9.17, 15) is 0 Å². The second-order valence-electron chi connectivity index (χ2n) is 5.21. The number of halogens is 1. The van der Waals surface area contributed by atoms with E-state index < -0.39 is 0 Å². The molecule has 3 aromatic rings. The molecule has 0 unspecified atom stereocenters. The summed E-state index contributed by atoms with van der Waals surface area (Å²) in [5.74, 6) is 1.16. The highest BCUT2D eigenvalue weighted by molar-refractivity contribution is 6.32. The van der Waals surface area contributed by atoms with Crippen molar-refractivity contribution >= 4 is 23.2 Å². The molecular formula is C17H18ClN5O. The van der Waals surface area contributed by atoms with Crippen molar-refractivity contribution in [3.05, 3.63) is 47.9 Å². The first-order valence-corrected chi connectivity index (χ1v) is 8.04. The normalized spacial score (nSPS) is 10.6. The molecule has 1 N–H and O–H groups in total. The Bertz CT molecular complexity index is 833. The fourth-order valence-electron chi connectivity index (χ4n) is 2.34. The van der Waals surface area contributed by atoms with E-state index in [0.29, 0.717) is 22.4 Å². The highest BCUT2D eigenvalue weighted by Gasteiger charge is 2.11. The predicted octanol–water partition coefficient (Wildman–Crippen LogP) is 4.16. The van der Waals surface area contributed by atoms with Gasteiger partial charge in [-0.2, -0.15) is 5.10 Å². The third-order valence-electron chi connectivity index (χ3n) is 3.46. The van der Waals surface area contributed by atoms with E-state index in [1.165, 1.54) is 0 Å². The molecule has 24 heavy (non-hydrogen) atoms. The molecule has 2 heterocycles. The molecule has 0 saturated heterocycles. The Morgan fingerprint density at radius 1 is 1.25 bits per heavy atom. The van der Waals surface area contributed by atoms with Crippen molar-refractivity contribution in [2.24, 2.45) is 0 Å². The maximum atomic E-state index is 6.26. The van der Waals surface area contributed by atoms with Gasteiger partial charge in [0.15, 0.2) is 0 Å². The number of aromatic nitrogens is 4. The van der Waals surface area contributed by atoms with Crippen LogP contribution in [0.25, 0.3) is 11.3 Å². The number of rotatable bonds is 6. The van der Waals surface area contributed by atoms with Crippen molar-refractivity contribution in [2.75, 3.05) is 12.4 Å². The van der Waals surface area contributed by atoms with Crippen LogP contribution in [0.15, 0.2) is 42.9 Å². The van der Waals surface area contributed by atoms with Crippen LogP contribution in [0.4, 0.5) is 11.6 Å². The summed E-state index contributed by atoms with van der Waals surface area (Å²) in [6.45, 7) is 2.96. The van der Waals surface area contributed by atoms with Gasteiger partial charge in [-0.25, -0.2) is 9.97 Å². The Morgan fingerprint density at radius 2 is 2.08 bits per heavy atom. The van der Waals surface area contributed by atoms with Crippen LogP contribution < -0.4 is 10.1 Å². The highest BCUT2D eigenvalue weighted by atomic mass is 35.5. The number of nitrogens with one attached hydrogen (secondary N) is 1. The van der Waals surface area contributed by atoms with Crippen molar-refractivity contribution < 1.29 is 4.74 Å². The fraction of sp³-hybridized carbons (Fsp3) is 0.235. The van der Waals surface area contributed by atoms with E-state index >= 15 is 0 Å². The molecule has 0 saturated carbocycles. The van der Waals surface area contributed by atoms with E-state index in [-0.39, 0.29) is 0 Å². The number of hydrogen-bond acceptors (Lipinski definition) is 5. The monoisotopic (exact) mass is 343 g/mol. The van der Waals surface area contributed by atoms with Gasteiger partial charge in [0.1, 0.15) is 5.75 Å². The zero-order valence-electron chi connectivity index (χ0n) is 13.5. The molecule has 124 valence electrons. The Labute approximate surface area is 145 Å². The molecule has 0 radical (unpaired) electrons. The summed E-state index contributed by atoms with van der Waals surface area (Å²) in [6.07, 6.45) is 6.29. The van der Waals surface area contributed by atoms with Crippen molar-refractivity contribution in [2.45, 2.75) is 19.9 Å². The van der Waals surface area contributed by atoms with Gasteiger partial charge < -0.3 is 10.1 Å². The summed E-state index contributed by atoms with van der Waals surface area (Å²) in [7, 11) is 1.62. The largest absolute Gasteiger partial charge is 0.495 e. The molecule has 2 aromatic heterocycles. The third kappa shape index (κ3) is 3.49. The van der Waals surface area contributed by atoms with Gasteiger partial charge in [-0.3, -0.25) is 4.68 Å². The number of para-hydroxylation sites is 2. The zero-order chi connectivity index (χ0) is 16.9. The quantitative estimate of drug-likeness (QED) is 0.728. The first kappa shape index (κ1) is 16.3. The molecule has 0 aliphatic heterocycles. The minimum absolute atomic E-state index is 0.446. The number of benzene rings is 1. The molecule has 0 amide bonds. The van der Waals surface area contributed by atoms with E-state index in [1.54, 1.807) is 19.5 Å². The second-order valence-corrected chi connectivity index (χ2v) is 5.61. The number of nitrogens with zero attached hydrogens (tertiary/aromatic N) is 4. The van der Waals surface area contributed by atoms with Gasteiger partial charge in [-0.15, -0.1) is 0 Å². The van der Waals surface area contributed by atoms with Gasteiger partial charge in [0.05, 0.1) is 35.9 Å². The summed E-state index contributed by atoms with van der Waals surface area (Å²) < 4.78 is 7.21. The summed E-state index contributed by atoms with van der Waals surface area (Å²) in [5, 5.41) is 7.96. The minimum Gasteiger partial charge on any atom is -0.495 e. The van der Waals surface area contributed by atoms with Gasteiger partial charge in [0.2, 0.25) is 5.95 Å². The van der Waals surface area contributed by atoms with Gasteiger partial charge in [-0.1, -0.05) is 30.7 Å². The Hall–Kier alpha value is -2.60. The van der Waals surface area contributed by atoms with Crippen LogP contribution in [-0.4, -0.2) is 26.9 Å². The maximum absolute atomic E-state index is 6.26. The number of ether oxygens (including phenoxy) is 1. The molecule has 0 spiro atoms. The van der Waals surface area contributed by atoms with Crippen molar-refractivity contribution in [1.29, 1.82) is 0 Å². The zero-order valence-corrected chi connectivity index (χ0v) is 14.3. The van der Waals surface area contributed by atoms with E-state index in [2.05, 4.69) is 27.3 Å².